The van der Waals surface area contributed by atoms with Crippen LogP contribution in [-0.4, -0.2) is 72.2 Å². The molecule has 1 aliphatic carbocycles. The molecule has 3 fully saturated rings. The summed E-state index contributed by atoms with van der Waals surface area (Å²) in [6, 6.07) is 3.62. The Balaban J connectivity index is 1.29. The van der Waals surface area contributed by atoms with Gasteiger partial charge in [0.15, 0.2) is 11.6 Å². The third-order valence-electron chi connectivity index (χ3n) is 10.8. The van der Waals surface area contributed by atoms with Gasteiger partial charge < -0.3 is 19.3 Å². The number of esters is 1. The number of carbonyl (C=O) groups is 2. The highest BCUT2D eigenvalue weighted by Crippen LogP contribution is 2.50. The van der Waals surface area contributed by atoms with E-state index in [1.165, 1.54) is 11.6 Å². The first-order valence-corrected chi connectivity index (χ1v) is 18.2. The van der Waals surface area contributed by atoms with E-state index in [1.807, 2.05) is 0 Å². The lowest BCUT2D eigenvalue weighted by Gasteiger charge is -2.52. The lowest BCUT2D eigenvalue weighted by Crippen LogP contribution is -2.66. The fraction of sp³-hybridized carbons (Fsp3) is 0.595. The fourth-order valence-corrected chi connectivity index (χ4v) is 8.53. The lowest BCUT2D eigenvalue weighted by molar-refractivity contribution is -0.223. The Bertz CT molecular complexity index is 1890. The van der Waals surface area contributed by atoms with Gasteiger partial charge in [0.25, 0.3) is 0 Å². The predicted octanol–water partition coefficient (Wildman–Crippen LogP) is 9.03. The summed E-state index contributed by atoms with van der Waals surface area (Å²) in [7, 11) is 0. The van der Waals surface area contributed by atoms with Crippen LogP contribution in [0.15, 0.2) is 23.7 Å². The Kier molecular flexibility index (Phi) is 10.1. The zero-order valence-electron chi connectivity index (χ0n) is 29.9. The Morgan fingerprint density at radius 3 is 2.26 bits per heavy atom. The summed E-state index contributed by atoms with van der Waals surface area (Å²) >= 11 is 1.09. The maximum Gasteiger partial charge on any atom is 0.402 e. The summed E-state index contributed by atoms with van der Waals surface area (Å²) in [6.45, 7) is 6.18. The van der Waals surface area contributed by atoms with Crippen LogP contribution in [0.2, 0.25) is 0 Å². The molecule has 2 aromatic carbocycles. The molecule has 1 saturated carbocycles. The minimum absolute atomic E-state index is 0.0759. The molecule has 2 saturated heterocycles. The second kappa shape index (κ2) is 13.6. The summed E-state index contributed by atoms with van der Waals surface area (Å²) in [5, 5.41) is 0. The SMILES string of the molecule is CC(C)(C)OC(=O)c1c(C2CCC(F)(F)CC2)ccc(F)c1COC[C@@H]1CN(c2cc(F)c(F)c3ncsc23)CC12CN(C(=O)C(C)(C)C(F)(F)F)C2. The summed E-state index contributed by atoms with van der Waals surface area (Å²) < 4.78 is 127. The maximum atomic E-state index is 15.6. The van der Waals surface area contributed by atoms with Crippen LogP contribution in [0.25, 0.3) is 10.2 Å². The molecule has 7 nitrogen and oxygen atoms in total. The number of alkyl halides is 5. The average molecular weight is 776 g/mol. The molecule has 1 aromatic heterocycles. The van der Waals surface area contributed by atoms with Crippen molar-refractivity contribution in [3.63, 3.8) is 0 Å². The summed E-state index contributed by atoms with van der Waals surface area (Å²) in [6.07, 6.45) is -5.43. The van der Waals surface area contributed by atoms with E-state index in [-0.39, 0.29) is 75.1 Å². The number of hydrogen-bond acceptors (Lipinski definition) is 7. The number of fused-ring (bicyclic) bond motifs is 1. The third-order valence-corrected chi connectivity index (χ3v) is 11.6. The Morgan fingerprint density at radius 1 is 0.981 bits per heavy atom. The number of halogens is 8. The number of anilines is 1. The van der Waals surface area contributed by atoms with Crippen molar-refractivity contribution in [1.29, 1.82) is 0 Å². The topological polar surface area (TPSA) is 72.0 Å². The summed E-state index contributed by atoms with van der Waals surface area (Å²) in [5.74, 6) is -8.74. The summed E-state index contributed by atoms with van der Waals surface area (Å²) in [4.78, 5) is 33.5. The van der Waals surface area contributed by atoms with Crippen LogP contribution in [0.4, 0.5) is 40.8 Å². The normalized spacial score (nSPS) is 20.7. The molecule has 0 N–H and O–H groups in total. The molecule has 16 heteroatoms. The van der Waals surface area contributed by atoms with E-state index in [2.05, 4.69) is 4.98 Å². The number of carbonyl (C=O) groups excluding carboxylic acids is 2. The van der Waals surface area contributed by atoms with Gasteiger partial charge in [-0.15, -0.1) is 11.3 Å². The van der Waals surface area contributed by atoms with Crippen LogP contribution in [0.1, 0.15) is 87.7 Å². The minimum atomic E-state index is -4.80. The van der Waals surface area contributed by atoms with E-state index in [4.69, 9.17) is 9.47 Å². The number of benzene rings is 2. The Morgan fingerprint density at radius 2 is 1.64 bits per heavy atom. The van der Waals surface area contributed by atoms with E-state index in [9.17, 15) is 40.3 Å². The molecule has 2 aliphatic heterocycles. The van der Waals surface area contributed by atoms with Crippen molar-refractivity contribution in [2.75, 3.05) is 37.7 Å². The first-order chi connectivity index (χ1) is 24.5. The molecule has 0 bridgehead atoms. The number of thiazole rings is 1. The van der Waals surface area contributed by atoms with Crippen molar-refractivity contribution in [2.24, 2.45) is 16.7 Å². The van der Waals surface area contributed by atoms with Crippen molar-refractivity contribution in [2.45, 2.75) is 90.5 Å². The number of amides is 1. The molecule has 6 rings (SSSR count). The van der Waals surface area contributed by atoms with Gasteiger partial charge in [0.05, 0.1) is 34.7 Å². The van der Waals surface area contributed by atoms with Crippen molar-refractivity contribution in [3.05, 3.63) is 57.9 Å². The average Bonchev–Trinajstić information content (AvgIpc) is 3.67. The van der Waals surface area contributed by atoms with Gasteiger partial charge in [0.2, 0.25) is 11.8 Å². The molecular weight excluding hydrogens is 734 g/mol. The second-order valence-electron chi connectivity index (χ2n) is 16.1. The Hall–Kier alpha value is -3.53. The maximum absolute atomic E-state index is 15.6. The number of nitrogens with zero attached hydrogens (tertiary/aromatic N) is 3. The molecule has 290 valence electrons. The molecule has 0 unspecified atom stereocenters. The molecule has 1 spiro atoms. The first kappa shape index (κ1) is 39.2. The highest BCUT2D eigenvalue weighted by molar-refractivity contribution is 7.17. The second-order valence-corrected chi connectivity index (χ2v) is 16.9. The van der Waals surface area contributed by atoms with E-state index in [0.717, 1.165) is 42.2 Å². The molecule has 3 aromatic rings. The number of rotatable bonds is 8. The zero-order valence-corrected chi connectivity index (χ0v) is 30.8. The smallest absolute Gasteiger partial charge is 0.402 e. The van der Waals surface area contributed by atoms with Crippen molar-refractivity contribution < 1.29 is 54.2 Å². The Labute approximate surface area is 305 Å². The molecule has 3 aliphatic rings. The summed E-state index contributed by atoms with van der Waals surface area (Å²) in [5.41, 5.74) is -2.75. The largest absolute Gasteiger partial charge is 0.456 e. The van der Waals surface area contributed by atoms with E-state index >= 15 is 4.39 Å². The first-order valence-electron chi connectivity index (χ1n) is 17.4. The third kappa shape index (κ3) is 7.46. The molecule has 53 heavy (non-hydrogen) atoms. The van der Waals surface area contributed by atoms with Crippen LogP contribution in [0.5, 0.6) is 0 Å². The number of likely N-dealkylation sites (tertiary alicyclic amines) is 1. The number of ether oxygens (including phenoxy) is 2. The lowest BCUT2D eigenvalue weighted by atomic mass is 9.70. The molecule has 1 amide bonds. The van der Waals surface area contributed by atoms with E-state index < -0.39 is 76.3 Å². The fourth-order valence-electron chi connectivity index (χ4n) is 7.71. The van der Waals surface area contributed by atoms with Gasteiger partial charge in [-0.05, 0) is 65.0 Å². The van der Waals surface area contributed by atoms with Gasteiger partial charge in [-0.1, -0.05) is 6.07 Å². The van der Waals surface area contributed by atoms with Crippen molar-refractivity contribution in [3.8, 4) is 0 Å². The minimum Gasteiger partial charge on any atom is -0.456 e. The van der Waals surface area contributed by atoms with Crippen LogP contribution in [-0.2, 0) is 20.9 Å². The zero-order chi connectivity index (χ0) is 38.9. The van der Waals surface area contributed by atoms with Gasteiger partial charge >= 0.3 is 12.1 Å². The van der Waals surface area contributed by atoms with Crippen LogP contribution in [0.3, 0.4) is 0 Å². The van der Waals surface area contributed by atoms with E-state index in [0.29, 0.717) is 16.0 Å². The number of aromatic nitrogens is 1. The van der Waals surface area contributed by atoms with Gasteiger partial charge in [0, 0.05) is 62.0 Å². The van der Waals surface area contributed by atoms with Gasteiger partial charge in [-0.3, -0.25) is 4.79 Å². The molecule has 0 radical (unpaired) electrons. The van der Waals surface area contributed by atoms with Crippen LogP contribution in [0, 0.1) is 34.2 Å². The van der Waals surface area contributed by atoms with Gasteiger partial charge in [0.1, 0.15) is 22.3 Å². The molecular formula is C37H41F8N3O4S. The number of hydrogen-bond donors (Lipinski definition) is 0. The van der Waals surface area contributed by atoms with E-state index in [1.54, 1.807) is 25.7 Å². The van der Waals surface area contributed by atoms with Gasteiger partial charge in [-0.2, -0.15) is 13.2 Å². The molecule has 3 heterocycles. The highest BCUT2D eigenvalue weighted by Gasteiger charge is 2.61. The highest BCUT2D eigenvalue weighted by atomic mass is 32.1. The molecule has 1 atom stereocenters. The van der Waals surface area contributed by atoms with Crippen LogP contribution < -0.4 is 4.90 Å². The quantitative estimate of drug-likeness (QED) is 0.168. The standard InChI is InChI=1S/C37H41F8N3O4S/c1-33(2,3)52-31(49)27-22(20-8-10-36(41,42)11-9-20)6-7-24(38)23(27)15-51-14-21-13-47(26-12-25(39)28(40)29-30(26)53-19-46-29)16-35(21)17-48(18-35)32(50)34(4,5)37(43,44)45/h6-7,12,19-21H,8-11,13-18H2,1-5H3/t21-/m0/s1. The van der Waals surface area contributed by atoms with Crippen molar-refractivity contribution >= 4 is 39.1 Å². The monoisotopic (exact) mass is 775 g/mol. The van der Waals surface area contributed by atoms with Crippen LogP contribution >= 0.6 is 11.3 Å². The van der Waals surface area contributed by atoms with Crippen molar-refractivity contribution in [1.82, 2.24) is 9.88 Å². The predicted molar refractivity (Wildman–Crippen MR) is 181 cm³/mol. The van der Waals surface area contributed by atoms with Gasteiger partial charge in [-0.25, -0.2) is 31.7 Å².